The summed E-state index contributed by atoms with van der Waals surface area (Å²) in [4.78, 5) is 4.94. The van der Waals surface area contributed by atoms with Crippen molar-refractivity contribution in [1.82, 2.24) is 0 Å². The van der Waals surface area contributed by atoms with Crippen LogP contribution in [0.15, 0.2) is 211 Å². The van der Waals surface area contributed by atoms with Crippen LogP contribution < -0.4 is 9.80 Å². The lowest BCUT2D eigenvalue weighted by Gasteiger charge is -2.44. The monoisotopic (exact) mass is 744 g/mol. The molecule has 0 N–H and O–H groups in total. The first-order chi connectivity index (χ1) is 28.6. The van der Waals surface area contributed by atoms with Crippen LogP contribution >= 0.6 is 0 Å². The van der Waals surface area contributed by atoms with Crippen molar-refractivity contribution in [3.63, 3.8) is 0 Å². The summed E-state index contributed by atoms with van der Waals surface area (Å²) in [6, 6.07) is 74.4. The van der Waals surface area contributed by atoms with Crippen LogP contribution in [0.5, 0.6) is 0 Å². The normalized spacial score (nSPS) is 13.1. The Morgan fingerprint density at radius 1 is 0.448 bits per heavy atom. The summed E-state index contributed by atoms with van der Waals surface area (Å²) < 4.78 is 6.82. The van der Waals surface area contributed by atoms with Gasteiger partial charge in [-0.15, -0.1) is 0 Å². The summed E-state index contributed by atoms with van der Waals surface area (Å²) >= 11 is 0. The first-order valence-corrected chi connectivity index (χ1v) is 20.0. The van der Waals surface area contributed by atoms with E-state index < -0.39 is 0 Å². The lowest BCUT2D eigenvalue weighted by atomic mass is 9.70. The Morgan fingerprint density at radius 2 is 1.07 bits per heavy atom. The molecule has 58 heavy (non-hydrogen) atoms. The van der Waals surface area contributed by atoms with Gasteiger partial charge in [0.1, 0.15) is 5.58 Å². The Labute approximate surface area is 338 Å². The molecular formula is C55H40N2O. The number of anilines is 6. The maximum absolute atomic E-state index is 6.82. The van der Waals surface area contributed by atoms with E-state index in [0.717, 1.165) is 50.1 Å². The molecule has 1 aliphatic rings. The molecule has 276 valence electrons. The number of fused-ring (bicyclic) bond motifs is 6. The Morgan fingerprint density at radius 3 is 1.88 bits per heavy atom. The van der Waals surface area contributed by atoms with E-state index in [9.17, 15) is 0 Å². The topological polar surface area (TPSA) is 19.6 Å². The van der Waals surface area contributed by atoms with Crippen LogP contribution in [0.25, 0.3) is 55.0 Å². The predicted octanol–water partition coefficient (Wildman–Crippen LogP) is 15.7. The number of benzene rings is 9. The quantitative estimate of drug-likeness (QED) is 0.169. The molecule has 10 aromatic rings. The summed E-state index contributed by atoms with van der Waals surface area (Å²) in [7, 11) is 0. The maximum atomic E-state index is 6.82. The van der Waals surface area contributed by atoms with Gasteiger partial charge in [-0.05, 0) is 81.2 Å². The molecule has 0 atom stereocenters. The SMILES string of the molecule is CC1(C)c2ccccc2N(c2c(N(c3ccc(-c4ccccc4)cc3)c3cccc4c3oc3ccccc34)ccc3ccccc23)c2cccc(-c3ccccc3)c21. The van der Waals surface area contributed by atoms with E-state index in [0.29, 0.717) is 0 Å². The van der Waals surface area contributed by atoms with E-state index in [4.69, 9.17) is 4.42 Å². The Bertz CT molecular complexity index is 3140. The fraction of sp³-hybridized carbons (Fsp3) is 0.0545. The molecule has 0 unspecified atom stereocenters. The zero-order chi connectivity index (χ0) is 38.8. The largest absolute Gasteiger partial charge is 0.454 e. The van der Waals surface area contributed by atoms with Gasteiger partial charge in [0.2, 0.25) is 0 Å². The molecule has 0 saturated carbocycles. The Kier molecular flexibility index (Phi) is 7.84. The second-order valence-electron chi connectivity index (χ2n) is 15.7. The fourth-order valence-corrected chi connectivity index (χ4v) is 9.35. The van der Waals surface area contributed by atoms with Crippen molar-refractivity contribution in [2.24, 2.45) is 0 Å². The van der Waals surface area contributed by atoms with Gasteiger partial charge in [0.25, 0.3) is 0 Å². The van der Waals surface area contributed by atoms with Crippen LogP contribution in [-0.4, -0.2) is 0 Å². The zero-order valence-corrected chi connectivity index (χ0v) is 32.4. The fourth-order valence-electron chi connectivity index (χ4n) is 9.35. The van der Waals surface area contributed by atoms with E-state index in [2.05, 4.69) is 224 Å². The average molecular weight is 745 g/mol. The van der Waals surface area contributed by atoms with Crippen molar-refractivity contribution in [3.8, 4) is 22.3 Å². The molecule has 0 fully saturated rings. The van der Waals surface area contributed by atoms with Crippen molar-refractivity contribution in [2.45, 2.75) is 19.3 Å². The second kappa shape index (κ2) is 13.4. The highest BCUT2D eigenvalue weighted by Crippen LogP contribution is 2.58. The molecule has 0 aliphatic carbocycles. The van der Waals surface area contributed by atoms with Crippen LogP contribution in [0, 0.1) is 0 Å². The molecule has 1 aromatic heterocycles. The third-order valence-corrected chi connectivity index (χ3v) is 12.0. The number of nitrogens with zero attached hydrogens (tertiary/aromatic N) is 2. The first kappa shape index (κ1) is 33.9. The van der Waals surface area contributed by atoms with Crippen LogP contribution in [0.4, 0.5) is 34.1 Å². The van der Waals surface area contributed by atoms with Crippen LogP contribution in [0.1, 0.15) is 25.0 Å². The van der Waals surface area contributed by atoms with Crippen LogP contribution in [-0.2, 0) is 5.41 Å². The summed E-state index contributed by atoms with van der Waals surface area (Å²) in [6.07, 6.45) is 0. The highest BCUT2D eigenvalue weighted by Gasteiger charge is 2.40. The number of hydrogen-bond donors (Lipinski definition) is 0. The summed E-state index contributed by atoms with van der Waals surface area (Å²) in [6.45, 7) is 4.75. The van der Waals surface area contributed by atoms with Gasteiger partial charge in [0, 0.05) is 27.3 Å². The van der Waals surface area contributed by atoms with E-state index in [1.807, 2.05) is 6.07 Å². The Balaban J connectivity index is 1.24. The minimum atomic E-state index is -0.285. The molecule has 3 heteroatoms. The molecule has 0 saturated heterocycles. The van der Waals surface area contributed by atoms with Gasteiger partial charge in [-0.3, -0.25) is 0 Å². The molecule has 11 rings (SSSR count). The number of rotatable bonds is 6. The summed E-state index contributed by atoms with van der Waals surface area (Å²) in [5.41, 5.74) is 15.3. The summed E-state index contributed by atoms with van der Waals surface area (Å²) in [5.74, 6) is 0. The highest BCUT2D eigenvalue weighted by atomic mass is 16.3. The first-order valence-electron chi connectivity index (χ1n) is 20.0. The van der Waals surface area contributed by atoms with Crippen LogP contribution in [0.2, 0.25) is 0 Å². The molecular weight excluding hydrogens is 705 g/mol. The van der Waals surface area contributed by atoms with Gasteiger partial charge in [-0.25, -0.2) is 0 Å². The van der Waals surface area contributed by atoms with Gasteiger partial charge in [0.15, 0.2) is 5.58 Å². The number of hydrogen-bond acceptors (Lipinski definition) is 3. The van der Waals surface area contributed by atoms with Crippen molar-refractivity contribution >= 4 is 66.8 Å². The van der Waals surface area contributed by atoms with E-state index >= 15 is 0 Å². The molecule has 9 aromatic carbocycles. The van der Waals surface area contributed by atoms with E-state index in [-0.39, 0.29) is 5.41 Å². The molecule has 0 amide bonds. The lowest BCUT2D eigenvalue weighted by Crippen LogP contribution is -2.32. The van der Waals surface area contributed by atoms with Gasteiger partial charge < -0.3 is 14.2 Å². The minimum absolute atomic E-state index is 0.285. The van der Waals surface area contributed by atoms with Gasteiger partial charge in [-0.2, -0.15) is 0 Å². The van der Waals surface area contributed by atoms with Gasteiger partial charge in [-0.1, -0.05) is 178 Å². The van der Waals surface area contributed by atoms with Gasteiger partial charge in [0.05, 0.1) is 28.4 Å². The molecule has 1 aliphatic heterocycles. The highest BCUT2D eigenvalue weighted by molar-refractivity contribution is 6.13. The second-order valence-corrected chi connectivity index (χ2v) is 15.7. The van der Waals surface area contributed by atoms with E-state index in [1.165, 1.54) is 50.1 Å². The van der Waals surface area contributed by atoms with Gasteiger partial charge >= 0.3 is 0 Å². The zero-order valence-electron chi connectivity index (χ0n) is 32.4. The predicted molar refractivity (Wildman–Crippen MR) is 244 cm³/mol. The molecule has 0 bridgehead atoms. The average Bonchev–Trinajstić information content (AvgIpc) is 3.67. The number of para-hydroxylation sites is 3. The smallest absolute Gasteiger partial charge is 0.159 e. The van der Waals surface area contributed by atoms with Crippen molar-refractivity contribution in [3.05, 3.63) is 217 Å². The molecule has 3 nitrogen and oxygen atoms in total. The van der Waals surface area contributed by atoms with Crippen molar-refractivity contribution in [1.29, 1.82) is 0 Å². The van der Waals surface area contributed by atoms with Crippen molar-refractivity contribution < 1.29 is 4.42 Å². The molecule has 2 heterocycles. The standard InChI is InChI=1S/C55H40N2O/c1-55(2)46-26-12-13-27-47(46)57(48-28-15-24-42(52(48)55)39-19-7-4-8-20-39)53-43-22-10-9-21-40(43)33-36-49(53)56(41-34-31-38(32-35-41)37-17-5-3-6-18-37)50-29-16-25-45-44-23-11-14-30-51(44)58-54(45)50/h3-36H,1-2H3. The van der Waals surface area contributed by atoms with Crippen molar-refractivity contribution in [2.75, 3.05) is 9.80 Å². The van der Waals surface area contributed by atoms with Crippen LogP contribution in [0.3, 0.4) is 0 Å². The maximum Gasteiger partial charge on any atom is 0.159 e. The molecule has 0 spiro atoms. The van der Waals surface area contributed by atoms with E-state index in [1.54, 1.807) is 0 Å². The lowest BCUT2D eigenvalue weighted by molar-refractivity contribution is 0.634. The third-order valence-electron chi connectivity index (χ3n) is 12.0. The number of furan rings is 1. The third kappa shape index (κ3) is 5.28. The summed E-state index contributed by atoms with van der Waals surface area (Å²) in [5, 5.41) is 4.52. The minimum Gasteiger partial charge on any atom is -0.454 e. The molecule has 0 radical (unpaired) electrons. The Hall–Kier alpha value is -7.36.